The number of rotatable bonds is 3. The molecule has 0 spiro atoms. The standard InChI is InChI=1S/C14H16BrF2N3/c1-14(2,3)18-6-9-4-11(16)13(12(17)5-9)20-8-10(15)7-19-20/h4-5,7-8,18H,6H2,1-3H3. The SMILES string of the molecule is CC(C)(C)NCc1cc(F)c(-n2cc(Br)cn2)c(F)c1. The van der Waals surface area contributed by atoms with Crippen molar-refractivity contribution in [3.8, 4) is 5.69 Å². The number of hydrogen-bond acceptors (Lipinski definition) is 2. The molecule has 20 heavy (non-hydrogen) atoms. The van der Waals surface area contributed by atoms with Crippen molar-refractivity contribution in [2.75, 3.05) is 0 Å². The van der Waals surface area contributed by atoms with Crippen molar-refractivity contribution < 1.29 is 8.78 Å². The van der Waals surface area contributed by atoms with Gasteiger partial charge in [0.25, 0.3) is 0 Å². The van der Waals surface area contributed by atoms with Gasteiger partial charge in [-0.1, -0.05) is 0 Å². The van der Waals surface area contributed by atoms with Crippen LogP contribution < -0.4 is 5.32 Å². The van der Waals surface area contributed by atoms with Gasteiger partial charge in [0.05, 0.1) is 10.7 Å². The summed E-state index contributed by atoms with van der Waals surface area (Å²) < 4.78 is 30.0. The third-order valence-electron chi connectivity index (χ3n) is 2.68. The molecule has 0 aliphatic heterocycles. The van der Waals surface area contributed by atoms with Crippen molar-refractivity contribution in [3.63, 3.8) is 0 Å². The molecule has 0 aliphatic carbocycles. The Bertz CT molecular complexity index is 594. The first-order chi connectivity index (χ1) is 9.26. The molecule has 2 rings (SSSR count). The Morgan fingerprint density at radius 2 is 1.85 bits per heavy atom. The summed E-state index contributed by atoms with van der Waals surface area (Å²) in [6, 6.07) is 2.65. The minimum Gasteiger partial charge on any atom is -0.308 e. The van der Waals surface area contributed by atoms with Gasteiger partial charge in [0, 0.05) is 18.3 Å². The summed E-state index contributed by atoms with van der Waals surface area (Å²) in [5, 5.41) is 7.09. The maximum atomic E-state index is 14.1. The topological polar surface area (TPSA) is 29.9 Å². The number of aromatic nitrogens is 2. The van der Waals surface area contributed by atoms with Crippen LogP contribution in [0.2, 0.25) is 0 Å². The van der Waals surface area contributed by atoms with Gasteiger partial charge in [0.1, 0.15) is 5.69 Å². The van der Waals surface area contributed by atoms with Gasteiger partial charge in [0.2, 0.25) is 0 Å². The van der Waals surface area contributed by atoms with E-state index in [0.29, 0.717) is 16.6 Å². The van der Waals surface area contributed by atoms with Gasteiger partial charge in [0.15, 0.2) is 11.6 Å². The van der Waals surface area contributed by atoms with Gasteiger partial charge in [-0.3, -0.25) is 0 Å². The second-order valence-corrected chi connectivity index (χ2v) is 6.53. The van der Waals surface area contributed by atoms with E-state index in [1.807, 2.05) is 20.8 Å². The van der Waals surface area contributed by atoms with Gasteiger partial charge < -0.3 is 5.32 Å². The van der Waals surface area contributed by atoms with Crippen LogP contribution in [0.3, 0.4) is 0 Å². The van der Waals surface area contributed by atoms with Crippen molar-refractivity contribution in [2.24, 2.45) is 0 Å². The largest absolute Gasteiger partial charge is 0.308 e. The van der Waals surface area contributed by atoms with Crippen molar-refractivity contribution in [2.45, 2.75) is 32.9 Å². The lowest BCUT2D eigenvalue weighted by molar-refractivity contribution is 0.422. The normalized spacial score (nSPS) is 11.9. The highest BCUT2D eigenvalue weighted by molar-refractivity contribution is 9.10. The summed E-state index contributed by atoms with van der Waals surface area (Å²) in [5.41, 5.74) is 0.276. The Morgan fingerprint density at radius 1 is 1.25 bits per heavy atom. The Labute approximate surface area is 125 Å². The highest BCUT2D eigenvalue weighted by Gasteiger charge is 2.15. The minimum atomic E-state index is -0.633. The van der Waals surface area contributed by atoms with E-state index in [0.717, 1.165) is 0 Å². The van der Waals surface area contributed by atoms with Crippen LogP contribution in [0.4, 0.5) is 8.78 Å². The molecule has 108 valence electrons. The van der Waals surface area contributed by atoms with Gasteiger partial charge in [-0.05, 0) is 54.4 Å². The second kappa shape index (κ2) is 5.61. The Morgan fingerprint density at radius 3 is 2.30 bits per heavy atom. The van der Waals surface area contributed by atoms with Crippen LogP contribution in [0.1, 0.15) is 26.3 Å². The van der Waals surface area contributed by atoms with E-state index in [1.165, 1.54) is 29.2 Å². The van der Waals surface area contributed by atoms with Crippen LogP contribution in [0, 0.1) is 11.6 Å². The first-order valence-electron chi connectivity index (χ1n) is 6.20. The molecule has 0 radical (unpaired) electrons. The average molecular weight is 344 g/mol. The molecular formula is C14H16BrF2N3. The summed E-state index contributed by atoms with van der Waals surface area (Å²) >= 11 is 3.20. The molecule has 1 aromatic heterocycles. The molecule has 6 heteroatoms. The van der Waals surface area contributed by atoms with Gasteiger partial charge in [-0.25, -0.2) is 13.5 Å². The smallest absolute Gasteiger partial charge is 0.152 e. The van der Waals surface area contributed by atoms with E-state index in [9.17, 15) is 8.78 Å². The third kappa shape index (κ3) is 3.64. The molecule has 0 amide bonds. The van der Waals surface area contributed by atoms with Crippen LogP contribution in [0.15, 0.2) is 29.0 Å². The number of nitrogens with one attached hydrogen (secondary N) is 1. The maximum absolute atomic E-state index is 14.1. The Kier molecular flexibility index (Phi) is 4.25. The monoisotopic (exact) mass is 343 g/mol. The van der Waals surface area contributed by atoms with Crippen LogP contribution in [-0.4, -0.2) is 15.3 Å². The summed E-state index contributed by atoms with van der Waals surface area (Å²) in [4.78, 5) is 0. The van der Waals surface area contributed by atoms with E-state index in [2.05, 4.69) is 26.3 Å². The predicted octanol–water partition coefficient (Wildman–Crippen LogP) is 3.80. The third-order valence-corrected chi connectivity index (χ3v) is 3.09. The summed E-state index contributed by atoms with van der Waals surface area (Å²) in [7, 11) is 0. The molecule has 0 atom stereocenters. The van der Waals surface area contributed by atoms with Gasteiger partial charge in [-0.15, -0.1) is 0 Å². The van der Waals surface area contributed by atoms with Crippen molar-refractivity contribution >= 4 is 15.9 Å². The molecule has 3 nitrogen and oxygen atoms in total. The minimum absolute atomic E-state index is 0.113. The van der Waals surface area contributed by atoms with Crippen LogP contribution in [0.5, 0.6) is 0 Å². The van der Waals surface area contributed by atoms with Gasteiger partial charge >= 0.3 is 0 Å². The summed E-state index contributed by atoms with van der Waals surface area (Å²) in [6.45, 7) is 6.39. The molecule has 0 fully saturated rings. The molecule has 0 saturated carbocycles. The molecule has 1 aromatic carbocycles. The quantitative estimate of drug-likeness (QED) is 0.918. The first kappa shape index (κ1) is 15.1. The molecule has 1 N–H and O–H groups in total. The number of benzene rings is 1. The average Bonchev–Trinajstić information content (AvgIpc) is 2.71. The van der Waals surface area contributed by atoms with E-state index >= 15 is 0 Å². The maximum Gasteiger partial charge on any atom is 0.152 e. The zero-order valence-corrected chi connectivity index (χ0v) is 13.1. The first-order valence-corrected chi connectivity index (χ1v) is 6.99. The van der Waals surface area contributed by atoms with Crippen LogP contribution in [-0.2, 0) is 6.54 Å². The molecule has 0 aliphatic rings. The number of halogens is 3. The number of nitrogens with zero attached hydrogens (tertiary/aromatic N) is 2. The van der Waals surface area contributed by atoms with Crippen LogP contribution >= 0.6 is 15.9 Å². The van der Waals surface area contributed by atoms with Crippen LogP contribution in [0.25, 0.3) is 5.69 Å². The lowest BCUT2D eigenvalue weighted by atomic mass is 10.1. The molecule has 1 heterocycles. The fraction of sp³-hybridized carbons (Fsp3) is 0.357. The predicted molar refractivity (Wildman–Crippen MR) is 77.8 cm³/mol. The molecular weight excluding hydrogens is 328 g/mol. The Hall–Kier alpha value is -1.27. The lowest BCUT2D eigenvalue weighted by Gasteiger charge is -2.20. The highest BCUT2D eigenvalue weighted by Crippen LogP contribution is 2.21. The lowest BCUT2D eigenvalue weighted by Crippen LogP contribution is -2.35. The van der Waals surface area contributed by atoms with E-state index in [-0.39, 0.29) is 11.2 Å². The number of hydrogen-bond donors (Lipinski definition) is 1. The Balaban J connectivity index is 2.30. The summed E-state index contributed by atoms with van der Waals surface area (Å²) in [5.74, 6) is -1.27. The van der Waals surface area contributed by atoms with Gasteiger partial charge in [-0.2, -0.15) is 5.10 Å². The van der Waals surface area contributed by atoms with Crippen molar-refractivity contribution in [1.82, 2.24) is 15.1 Å². The fourth-order valence-electron chi connectivity index (χ4n) is 1.73. The van der Waals surface area contributed by atoms with E-state index < -0.39 is 11.6 Å². The molecule has 0 saturated heterocycles. The summed E-state index contributed by atoms with van der Waals surface area (Å²) in [6.07, 6.45) is 2.99. The highest BCUT2D eigenvalue weighted by atomic mass is 79.9. The van der Waals surface area contributed by atoms with Crippen molar-refractivity contribution in [1.29, 1.82) is 0 Å². The van der Waals surface area contributed by atoms with E-state index in [1.54, 1.807) is 0 Å². The second-order valence-electron chi connectivity index (χ2n) is 5.61. The van der Waals surface area contributed by atoms with E-state index in [4.69, 9.17) is 0 Å². The van der Waals surface area contributed by atoms with Crippen molar-refractivity contribution in [3.05, 3.63) is 46.2 Å². The fourth-order valence-corrected chi connectivity index (χ4v) is 2.01. The zero-order chi connectivity index (χ0) is 14.9. The zero-order valence-electron chi connectivity index (χ0n) is 11.5. The molecule has 2 aromatic rings. The molecule has 0 bridgehead atoms. The molecule has 0 unspecified atom stereocenters.